The van der Waals surface area contributed by atoms with E-state index in [1.54, 1.807) is 0 Å². The van der Waals surface area contributed by atoms with Crippen molar-refractivity contribution >= 4 is 11.8 Å². The highest BCUT2D eigenvalue weighted by atomic mass is 32.2. The van der Waals surface area contributed by atoms with Crippen molar-refractivity contribution < 1.29 is 0 Å². The monoisotopic (exact) mass is 258 g/mol. The molecule has 0 aromatic heterocycles. The van der Waals surface area contributed by atoms with Crippen molar-refractivity contribution in [3.63, 3.8) is 0 Å². The van der Waals surface area contributed by atoms with E-state index in [-0.39, 0.29) is 0 Å². The number of rotatable bonds is 8. The molecule has 0 radical (unpaired) electrons. The van der Waals surface area contributed by atoms with Gasteiger partial charge in [0.15, 0.2) is 0 Å². The first-order valence-corrected chi connectivity index (χ1v) is 8.41. The van der Waals surface area contributed by atoms with Gasteiger partial charge in [-0.15, -0.1) is 0 Å². The average Bonchev–Trinajstić information content (AvgIpc) is 2.38. The third-order valence-electron chi connectivity index (χ3n) is 3.73. The lowest BCUT2D eigenvalue weighted by Gasteiger charge is -2.33. The predicted molar refractivity (Wildman–Crippen MR) is 80.0 cm³/mol. The first-order chi connectivity index (χ1) is 8.30. The summed E-state index contributed by atoms with van der Waals surface area (Å²) in [6.45, 7) is 14.4. The molecule has 0 N–H and O–H groups in total. The van der Waals surface area contributed by atoms with Crippen molar-refractivity contribution in [1.29, 1.82) is 0 Å². The molecule has 1 rings (SSSR count). The van der Waals surface area contributed by atoms with E-state index in [1.165, 1.54) is 64.3 Å². The largest absolute Gasteiger partial charge is 0.303 e. The standard InChI is InChI=1S/C14H30N2S/c1-4-7-8-14-13-16(11-12-17-14)10-9-15(5-2)6-3/h14H,4-13H2,1-3H3. The van der Waals surface area contributed by atoms with Crippen LogP contribution in [-0.4, -0.2) is 60.1 Å². The Morgan fingerprint density at radius 1 is 1.24 bits per heavy atom. The van der Waals surface area contributed by atoms with Crippen LogP contribution < -0.4 is 0 Å². The molecule has 17 heavy (non-hydrogen) atoms. The van der Waals surface area contributed by atoms with Crippen LogP contribution in [0.25, 0.3) is 0 Å². The van der Waals surface area contributed by atoms with E-state index in [9.17, 15) is 0 Å². The van der Waals surface area contributed by atoms with Gasteiger partial charge in [-0.1, -0.05) is 33.6 Å². The maximum Gasteiger partial charge on any atom is 0.0175 e. The maximum absolute atomic E-state index is 2.68. The topological polar surface area (TPSA) is 6.48 Å². The van der Waals surface area contributed by atoms with Crippen LogP contribution in [0.15, 0.2) is 0 Å². The Morgan fingerprint density at radius 3 is 2.65 bits per heavy atom. The smallest absolute Gasteiger partial charge is 0.0175 e. The molecule has 1 fully saturated rings. The third kappa shape index (κ3) is 6.12. The number of hydrogen-bond acceptors (Lipinski definition) is 3. The first-order valence-electron chi connectivity index (χ1n) is 7.36. The third-order valence-corrected chi connectivity index (χ3v) is 5.00. The molecule has 0 aromatic rings. The van der Waals surface area contributed by atoms with Crippen molar-refractivity contribution in [3.8, 4) is 0 Å². The summed E-state index contributed by atoms with van der Waals surface area (Å²) in [5.74, 6) is 1.34. The summed E-state index contributed by atoms with van der Waals surface area (Å²) in [6.07, 6.45) is 4.17. The van der Waals surface area contributed by atoms with Gasteiger partial charge in [-0.3, -0.25) is 0 Å². The first kappa shape index (κ1) is 15.3. The Labute approximate surface area is 112 Å². The summed E-state index contributed by atoms with van der Waals surface area (Å²) < 4.78 is 0. The molecule has 0 bridgehead atoms. The molecule has 102 valence electrons. The average molecular weight is 258 g/mol. The number of hydrogen-bond donors (Lipinski definition) is 0. The van der Waals surface area contributed by atoms with Crippen LogP contribution in [0.3, 0.4) is 0 Å². The Morgan fingerprint density at radius 2 is 2.00 bits per heavy atom. The summed E-state index contributed by atoms with van der Waals surface area (Å²) in [4.78, 5) is 5.21. The molecule has 1 saturated heterocycles. The van der Waals surface area contributed by atoms with E-state index in [0.29, 0.717) is 0 Å². The van der Waals surface area contributed by atoms with Crippen LogP contribution in [0.2, 0.25) is 0 Å². The number of nitrogens with zero attached hydrogens (tertiary/aromatic N) is 2. The number of thioether (sulfide) groups is 1. The zero-order valence-electron chi connectivity index (χ0n) is 12.0. The molecule has 1 aliphatic rings. The highest BCUT2D eigenvalue weighted by Crippen LogP contribution is 2.22. The van der Waals surface area contributed by atoms with Gasteiger partial charge in [-0.25, -0.2) is 0 Å². The minimum Gasteiger partial charge on any atom is -0.303 e. The Hall–Kier alpha value is 0.270. The molecule has 0 saturated carbocycles. The minimum absolute atomic E-state index is 0.903. The summed E-state index contributed by atoms with van der Waals surface area (Å²) in [7, 11) is 0. The van der Waals surface area contributed by atoms with Gasteiger partial charge in [0.05, 0.1) is 0 Å². The number of unbranched alkanes of at least 4 members (excludes halogenated alkanes) is 1. The molecule has 0 spiro atoms. The van der Waals surface area contributed by atoms with Gasteiger partial charge in [0, 0.05) is 37.2 Å². The molecule has 3 heteroatoms. The Balaban J connectivity index is 2.19. The van der Waals surface area contributed by atoms with Gasteiger partial charge < -0.3 is 9.80 Å². The van der Waals surface area contributed by atoms with Crippen LogP contribution in [0.5, 0.6) is 0 Å². The van der Waals surface area contributed by atoms with Crippen molar-refractivity contribution in [1.82, 2.24) is 9.80 Å². The van der Waals surface area contributed by atoms with Gasteiger partial charge >= 0.3 is 0 Å². The summed E-state index contributed by atoms with van der Waals surface area (Å²) in [5, 5.41) is 0.903. The van der Waals surface area contributed by atoms with E-state index in [1.807, 2.05) is 0 Å². The molecular weight excluding hydrogens is 228 g/mol. The normalized spacial score (nSPS) is 22.2. The van der Waals surface area contributed by atoms with Crippen LogP contribution in [-0.2, 0) is 0 Å². The second-order valence-corrected chi connectivity index (χ2v) is 6.37. The van der Waals surface area contributed by atoms with E-state index >= 15 is 0 Å². The van der Waals surface area contributed by atoms with Crippen LogP contribution in [0.4, 0.5) is 0 Å². The minimum atomic E-state index is 0.903. The Bertz CT molecular complexity index is 183. The van der Waals surface area contributed by atoms with E-state index in [4.69, 9.17) is 0 Å². The van der Waals surface area contributed by atoms with Gasteiger partial charge in [-0.2, -0.15) is 11.8 Å². The second-order valence-electron chi connectivity index (χ2n) is 4.96. The second kappa shape index (κ2) is 9.23. The summed E-state index contributed by atoms with van der Waals surface area (Å²) >= 11 is 2.20. The van der Waals surface area contributed by atoms with Crippen LogP contribution >= 0.6 is 11.8 Å². The molecule has 0 aliphatic carbocycles. The molecule has 1 unspecified atom stereocenters. The summed E-state index contributed by atoms with van der Waals surface area (Å²) in [6, 6.07) is 0. The zero-order valence-corrected chi connectivity index (χ0v) is 12.8. The molecule has 1 heterocycles. The quantitative estimate of drug-likeness (QED) is 0.661. The van der Waals surface area contributed by atoms with Crippen molar-refractivity contribution in [2.75, 3.05) is 45.0 Å². The van der Waals surface area contributed by atoms with E-state index < -0.39 is 0 Å². The fourth-order valence-electron chi connectivity index (χ4n) is 2.41. The highest BCUT2D eigenvalue weighted by Gasteiger charge is 2.19. The highest BCUT2D eigenvalue weighted by molar-refractivity contribution is 8.00. The van der Waals surface area contributed by atoms with Crippen LogP contribution in [0.1, 0.15) is 40.0 Å². The van der Waals surface area contributed by atoms with E-state index in [2.05, 4.69) is 42.3 Å². The molecule has 1 atom stereocenters. The van der Waals surface area contributed by atoms with Crippen LogP contribution in [0, 0.1) is 0 Å². The van der Waals surface area contributed by atoms with E-state index in [0.717, 1.165) is 5.25 Å². The molecule has 2 nitrogen and oxygen atoms in total. The van der Waals surface area contributed by atoms with Crippen molar-refractivity contribution in [3.05, 3.63) is 0 Å². The molecule has 0 amide bonds. The summed E-state index contributed by atoms with van der Waals surface area (Å²) in [5.41, 5.74) is 0. The predicted octanol–water partition coefficient (Wildman–Crippen LogP) is 2.94. The van der Waals surface area contributed by atoms with Gasteiger partial charge in [0.1, 0.15) is 0 Å². The lowest BCUT2D eigenvalue weighted by Crippen LogP contribution is -2.42. The van der Waals surface area contributed by atoms with Gasteiger partial charge in [0.25, 0.3) is 0 Å². The zero-order chi connectivity index (χ0) is 12.5. The van der Waals surface area contributed by atoms with Crippen molar-refractivity contribution in [2.24, 2.45) is 0 Å². The molecule has 1 aliphatic heterocycles. The lowest BCUT2D eigenvalue weighted by atomic mass is 10.2. The fraction of sp³-hybridized carbons (Fsp3) is 1.00. The number of likely N-dealkylation sites (N-methyl/N-ethyl adjacent to an activating group) is 1. The lowest BCUT2D eigenvalue weighted by molar-refractivity contribution is 0.216. The molecular formula is C14H30N2S. The fourth-order valence-corrected chi connectivity index (χ4v) is 3.76. The maximum atomic E-state index is 2.68. The Kier molecular flexibility index (Phi) is 8.33. The van der Waals surface area contributed by atoms with Gasteiger partial charge in [0.2, 0.25) is 0 Å². The molecule has 0 aromatic carbocycles. The SMILES string of the molecule is CCCCC1CN(CCN(CC)CC)CCS1. The van der Waals surface area contributed by atoms with Gasteiger partial charge in [-0.05, 0) is 19.5 Å². The van der Waals surface area contributed by atoms with Crippen molar-refractivity contribution in [2.45, 2.75) is 45.3 Å².